The third-order valence-electron chi connectivity index (χ3n) is 5.79. The molecule has 3 amide bonds. The van der Waals surface area contributed by atoms with E-state index in [1.54, 1.807) is 59.7 Å². The van der Waals surface area contributed by atoms with E-state index in [9.17, 15) is 14.4 Å². The Balaban J connectivity index is 2.07. The van der Waals surface area contributed by atoms with Crippen molar-refractivity contribution in [1.29, 1.82) is 0 Å². The second kappa shape index (κ2) is 8.27. The molecule has 9 nitrogen and oxygen atoms in total. The van der Waals surface area contributed by atoms with E-state index in [-0.39, 0.29) is 12.2 Å². The molecule has 1 fully saturated rings. The molecule has 0 unspecified atom stereocenters. The highest BCUT2D eigenvalue weighted by Gasteiger charge is 2.52. The average Bonchev–Trinajstić information content (AvgIpc) is 2.85. The van der Waals surface area contributed by atoms with Crippen molar-refractivity contribution in [3.8, 4) is 0 Å². The lowest BCUT2D eigenvalue weighted by atomic mass is 9.78. The number of benzene rings is 1. The van der Waals surface area contributed by atoms with Gasteiger partial charge in [-0.1, -0.05) is 6.07 Å². The number of anilines is 2. The summed E-state index contributed by atoms with van der Waals surface area (Å²) in [6, 6.07) is 4.99. The molecule has 1 aromatic carbocycles. The van der Waals surface area contributed by atoms with Gasteiger partial charge in [-0.25, -0.2) is 14.5 Å². The molecule has 0 aliphatic carbocycles. The van der Waals surface area contributed by atoms with Gasteiger partial charge in [0, 0.05) is 0 Å². The molecule has 0 spiro atoms. The predicted molar refractivity (Wildman–Crippen MR) is 129 cm³/mol. The van der Waals surface area contributed by atoms with Crippen LogP contribution in [0, 0.1) is 0 Å². The molecule has 0 bridgehead atoms. The van der Waals surface area contributed by atoms with E-state index in [1.165, 1.54) is 4.90 Å². The van der Waals surface area contributed by atoms with Gasteiger partial charge in [-0.3, -0.25) is 9.69 Å². The van der Waals surface area contributed by atoms with Crippen molar-refractivity contribution < 1.29 is 33.2 Å². The summed E-state index contributed by atoms with van der Waals surface area (Å²) in [5, 5.41) is 0. The zero-order valence-electron chi connectivity index (χ0n) is 21.8. The zero-order valence-corrected chi connectivity index (χ0v) is 21.8. The van der Waals surface area contributed by atoms with Gasteiger partial charge in [0.25, 0.3) is 5.91 Å². The summed E-state index contributed by atoms with van der Waals surface area (Å²) in [4.78, 5) is 41.1. The zero-order chi connectivity index (χ0) is 25.9. The topological polar surface area (TPSA) is 94.6 Å². The lowest BCUT2D eigenvalue weighted by Gasteiger charge is -2.36. The van der Waals surface area contributed by atoms with Crippen molar-refractivity contribution in [3.05, 3.63) is 18.2 Å². The highest BCUT2D eigenvalue weighted by Crippen LogP contribution is 2.39. The van der Waals surface area contributed by atoms with Gasteiger partial charge in [0.2, 0.25) is 0 Å². The smallest absolute Gasteiger partial charge is 0.443 e. The molecule has 2 heterocycles. The van der Waals surface area contributed by atoms with Crippen LogP contribution in [-0.4, -0.2) is 54.2 Å². The molecule has 3 rings (SSSR count). The summed E-state index contributed by atoms with van der Waals surface area (Å²) in [7, 11) is -0.691. The fourth-order valence-electron chi connectivity index (χ4n) is 3.48. The number of fused-ring (bicyclic) bond motifs is 1. The monoisotopic (exact) mass is 474 g/mol. The Kier molecular flexibility index (Phi) is 6.33. The normalized spacial score (nSPS) is 19.7. The number of rotatable bonds is 1. The molecule has 10 heteroatoms. The lowest BCUT2D eigenvalue weighted by molar-refractivity contribution is -0.117. The van der Waals surface area contributed by atoms with Gasteiger partial charge in [-0.05, 0) is 86.8 Å². The molecular weight excluding hydrogens is 439 g/mol. The summed E-state index contributed by atoms with van der Waals surface area (Å²) >= 11 is 0. The number of hydrogen-bond acceptors (Lipinski definition) is 7. The van der Waals surface area contributed by atoms with Crippen LogP contribution in [-0.2, 0) is 23.6 Å². The molecule has 0 atom stereocenters. The number of carbonyl (C=O) groups excluding carboxylic acids is 3. The van der Waals surface area contributed by atoms with Gasteiger partial charge in [0.1, 0.15) is 17.7 Å². The average molecular weight is 474 g/mol. The third-order valence-corrected chi connectivity index (χ3v) is 5.79. The Hall–Kier alpha value is -2.59. The van der Waals surface area contributed by atoms with Crippen LogP contribution in [0.3, 0.4) is 0 Å². The van der Waals surface area contributed by atoms with Crippen LogP contribution in [0.5, 0.6) is 0 Å². The summed E-state index contributed by atoms with van der Waals surface area (Å²) in [5.74, 6) is -0.601. The minimum atomic E-state index is -0.814. The quantitative estimate of drug-likeness (QED) is 0.568. The van der Waals surface area contributed by atoms with Gasteiger partial charge in [-0.2, -0.15) is 0 Å². The summed E-state index contributed by atoms with van der Waals surface area (Å²) < 4.78 is 23.3. The molecule has 1 aromatic rings. The largest absolute Gasteiger partial charge is 0.494 e. The Morgan fingerprint density at radius 3 is 1.88 bits per heavy atom. The summed E-state index contributed by atoms with van der Waals surface area (Å²) in [6.07, 6.45) is -1.51. The Morgan fingerprint density at radius 2 is 1.38 bits per heavy atom. The van der Waals surface area contributed by atoms with Crippen molar-refractivity contribution in [2.24, 2.45) is 0 Å². The molecule has 186 valence electrons. The van der Waals surface area contributed by atoms with Crippen LogP contribution in [0.1, 0.15) is 69.2 Å². The standard InChI is InChI=1S/C24H35BN2O7/c1-21(2,3)31-19(29)26-14-18(28)27(20(30)32-22(4,5)6)16-12-11-15(13-17(16)26)25-33-23(7,8)24(9,10)34-25/h11-13H,14H2,1-10H3. The molecular formula is C24H35BN2O7. The first-order valence-corrected chi connectivity index (χ1v) is 11.4. The van der Waals surface area contributed by atoms with Crippen LogP contribution in [0.25, 0.3) is 0 Å². The number of ether oxygens (including phenoxy) is 2. The molecule has 1 saturated heterocycles. The highest BCUT2D eigenvalue weighted by atomic mass is 16.7. The molecule has 0 aromatic heterocycles. The summed E-state index contributed by atoms with van der Waals surface area (Å²) in [6.45, 7) is 17.8. The number of hydrogen-bond donors (Lipinski definition) is 0. The third kappa shape index (κ3) is 5.23. The van der Waals surface area contributed by atoms with E-state index < -0.39 is 47.6 Å². The first-order valence-electron chi connectivity index (χ1n) is 11.4. The molecule has 0 saturated carbocycles. The van der Waals surface area contributed by atoms with Crippen LogP contribution < -0.4 is 15.3 Å². The van der Waals surface area contributed by atoms with Gasteiger partial charge in [0.05, 0.1) is 22.6 Å². The van der Waals surface area contributed by atoms with Crippen molar-refractivity contribution in [2.75, 3.05) is 16.3 Å². The first kappa shape index (κ1) is 26.0. The second-order valence-electron chi connectivity index (χ2n) is 11.6. The number of carbonyl (C=O) groups is 3. The first-order chi connectivity index (χ1) is 15.3. The predicted octanol–water partition coefficient (Wildman–Crippen LogP) is 4.01. The molecule has 34 heavy (non-hydrogen) atoms. The molecule has 2 aliphatic heterocycles. The van der Waals surface area contributed by atoms with Crippen molar-refractivity contribution in [1.82, 2.24) is 0 Å². The number of imide groups is 1. The summed E-state index contributed by atoms with van der Waals surface area (Å²) in [5.41, 5.74) is -1.50. The van der Waals surface area contributed by atoms with Crippen LogP contribution in [0.15, 0.2) is 18.2 Å². The maximum atomic E-state index is 13.0. The van der Waals surface area contributed by atoms with Gasteiger partial charge in [-0.15, -0.1) is 0 Å². The SMILES string of the molecule is CC(C)(C)OC(=O)N1CC(=O)N(C(=O)OC(C)(C)C)c2ccc(B3OC(C)(C)C(C)(C)O3)cc21. The second-order valence-corrected chi connectivity index (χ2v) is 11.6. The van der Waals surface area contributed by atoms with E-state index >= 15 is 0 Å². The Labute approximate surface area is 201 Å². The van der Waals surface area contributed by atoms with Gasteiger partial charge >= 0.3 is 19.3 Å². The van der Waals surface area contributed by atoms with Crippen LogP contribution in [0.4, 0.5) is 21.0 Å². The molecule has 0 N–H and O–H groups in total. The van der Waals surface area contributed by atoms with Gasteiger partial charge in [0.15, 0.2) is 0 Å². The fourth-order valence-corrected chi connectivity index (χ4v) is 3.48. The van der Waals surface area contributed by atoms with Crippen molar-refractivity contribution in [3.63, 3.8) is 0 Å². The lowest BCUT2D eigenvalue weighted by Crippen LogP contribution is -2.53. The van der Waals surface area contributed by atoms with E-state index in [4.69, 9.17) is 18.8 Å². The number of nitrogens with zero attached hydrogens (tertiary/aromatic N) is 2. The Bertz CT molecular complexity index is 992. The maximum absolute atomic E-state index is 13.0. The van der Waals surface area contributed by atoms with E-state index in [1.807, 2.05) is 27.7 Å². The highest BCUT2D eigenvalue weighted by molar-refractivity contribution is 6.62. The van der Waals surface area contributed by atoms with E-state index in [0.29, 0.717) is 11.2 Å². The molecule has 0 radical (unpaired) electrons. The van der Waals surface area contributed by atoms with E-state index in [0.717, 1.165) is 4.90 Å². The van der Waals surface area contributed by atoms with Gasteiger partial charge < -0.3 is 18.8 Å². The maximum Gasteiger partial charge on any atom is 0.494 e. The fraction of sp³-hybridized carbons (Fsp3) is 0.625. The minimum absolute atomic E-state index is 0.219. The van der Waals surface area contributed by atoms with E-state index in [2.05, 4.69) is 0 Å². The van der Waals surface area contributed by atoms with Crippen molar-refractivity contribution in [2.45, 2.75) is 91.6 Å². The minimum Gasteiger partial charge on any atom is -0.443 e. The van der Waals surface area contributed by atoms with Crippen LogP contribution >= 0.6 is 0 Å². The molecule has 2 aliphatic rings. The Morgan fingerprint density at radius 1 is 0.882 bits per heavy atom. The number of amides is 3. The van der Waals surface area contributed by atoms with Crippen LogP contribution in [0.2, 0.25) is 0 Å². The van der Waals surface area contributed by atoms with Crippen molar-refractivity contribution >= 4 is 42.0 Å².